The lowest BCUT2D eigenvalue weighted by Gasteiger charge is -2.43. The van der Waals surface area contributed by atoms with Crippen molar-refractivity contribution in [1.29, 1.82) is 0 Å². The summed E-state index contributed by atoms with van der Waals surface area (Å²) in [6.07, 6.45) is 1.98. The van der Waals surface area contributed by atoms with Crippen molar-refractivity contribution < 1.29 is 18.0 Å². The smallest absolute Gasteiger partial charge is 0.240 e. The molecule has 0 spiro atoms. The monoisotopic (exact) mass is 362 g/mol. The van der Waals surface area contributed by atoms with Gasteiger partial charge in [0.15, 0.2) is 15.7 Å². The molecule has 1 aromatic heterocycles. The highest BCUT2D eigenvalue weighted by molar-refractivity contribution is 7.97. The van der Waals surface area contributed by atoms with E-state index in [2.05, 4.69) is 19.9 Å². The Morgan fingerprint density at radius 3 is 2.70 bits per heavy atom. The van der Waals surface area contributed by atoms with Gasteiger partial charge in [0.2, 0.25) is 5.89 Å². The summed E-state index contributed by atoms with van der Waals surface area (Å²) in [7, 11) is -3.04. The average molecular weight is 362 g/mol. The minimum Gasteiger partial charge on any atom is -0.395 e. The fourth-order valence-electron chi connectivity index (χ4n) is 3.41. The molecule has 0 aromatic carbocycles. The van der Waals surface area contributed by atoms with Crippen molar-refractivity contribution in [2.45, 2.75) is 24.4 Å². The Kier molecular flexibility index (Phi) is 5.26. The van der Waals surface area contributed by atoms with E-state index < -0.39 is 9.84 Å². The molecule has 0 aliphatic carbocycles. The molecule has 10 heteroatoms. The number of fused-ring (bicyclic) bond motifs is 1. The number of nitrogens with zero attached hydrogens (tertiary/aromatic N) is 4. The number of rotatable bonds is 6. The van der Waals surface area contributed by atoms with Gasteiger partial charge in [-0.15, -0.1) is 0 Å². The molecule has 2 aliphatic rings. The van der Waals surface area contributed by atoms with E-state index in [9.17, 15) is 13.5 Å². The first-order valence-electron chi connectivity index (χ1n) is 7.62. The number of hydrogen-bond donors (Lipinski definition) is 1. The first kappa shape index (κ1) is 17.2. The molecule has 2 aliphatic heterocycles. The van der Waals surface area contributed by atoms with Gasteiger partial charge in [0, 0.05) is 31.7 Å². The number of aliphatic hydroxyl groups excluding tert-OH is 1. The van der Waals surface area contributed by atoms with E-state index in [0.29, 0.717) is 30.6 Å². The fourth-order valence-corrected chi connectivity index (χ4v) is 5.83. The topological polar surface area (TPSA) is 99.8 Å². The summed E-state index contributed by atoms with van der Waals surface area (Å²) < 4.78 is 29.4. The van der Waals surface area contributed by atoms with Crippen LogP contribution >= 0.6 is 11.8 Å². The second-order valence-corrected chi connectivity index (χ2v) is 9.00. The molecular weight excluding hydrogens is 340 g/mol. The van der Waals surface area contributed by atoms with Crippen LogP contribution < -0.4 is 0 Å². The van der Waals surface area contributed by atoms with Gasteiger partial charge >= 0.3 is 0 Å². The molecule has 0 amide bonds. The predicted octanol–water partition coefficient (Wildman–Crippen LogP) is -0.792. The highest BCUT2D eigenvalue weighted by Gasteiger charge is 2.46. The number of sulfone groups is 1. The zero-order chi connectivity index (χ0) is 16.4. The normalized spacial score (nSPS) is 28.1. The van der Waals surface area contributed by atoms with Crippen molar-refractivity contribution in [3.63, 3.8) is 0 Å². The molecule has 2 saturated heterocycles. The minimum absolute atomic E-state index is 0.0466. The first-order chi connectivity index (χ1) is 11.0. The van der Waals surface area contributed by atoms with Gasteiger partial charge in [-0.1, -0.05) is 5.16 Å². The second-order valence-electron chi connectivity index (χ2n) is 5.98. The Hall–Kier alpha value is -0.680. The number of piperazine rings is 1. The zero-order valence-electron chi connectivity index (χ0n) is 13.1. The van der Waals surface area contributed by atoms with Gasteiger partial charge < -0.3 is 9.63 Å². The Labute approximate surface area is 140 Å². The van der Waals surface area contributed by atoms with Gasteiger partial charge in [-0.3, -0.25) is 9.80 Å². The summed E-state index contributed by atoms with van der Waals surface area (Å²) in [5.41, 5.74) is 0. The van der Waals surface area contributed by atoms with Crippen LogP contribution in [0.15, 0.2) is 4.52 Å². The number of thioether (sulfide) groups is 1. The molecule has 3 heterocycles. The van der Waals surface area contributed by atoms with Crippen LogP contribution in [0.4, 0.5) is 0 Å². The lowest BCUT2D eigenvalue weighted by Crippen LogP contribution is -2.59. The molecule has 0 bridgehead atoms. The minimum atomic E-state index is -3.04. The number of β-amino-alcohol motifs (C(OH)–C–C–N with tert-alkyl or cyclic N) is 1. The maximum atomic E-state index is 12.1. The number of aromatic nitrogens is 2. The molecule has 1 aromatic rings. The van der Waals surface area contributed by atoms with Gasteiger partial charge in [0.05, 0.1) is 30.4 Å². The van der Waals surface area contributed by atoms with Crippen LogP contribution in [0.25, 0.3) is 0 Å². The standard InChI is InChI=1S/C13H22N4O4S2/c1-22-7-12-14-13(21-15-12)6-17-3-2-16(4-5-18)10-8-23(19,20)9-11(10)17/h10-11,18H,2-9H2,1H3/t10-,11+/m1/s1. The second kappa shape index (κ2) is 7.06. The molecule has 1 N–H and O–H groups in total. The molecule has 0 saturated carbocycles. The van der Waals surface area contributed by atoms with Gasteiger partial charge in [0.1, 0.15) is 0 Å². The Bertz CT molecular complexity index is 636. The number of hydrogen-bond acceptors (Lipinski definition) is 9. The third-order valence-corrected chi connectivity index (χ3v) is 6.66. The van der Waals surface area contributed by atoms with E-state index >= 15 is 0 Å². The molecule has 23 heavy (non-hydrogen) atoms. The van der Waals surface area contributed by atoms with Crippen molar-refractivity contribution in [2.24, 2.45) is 0 Å². The largest absolute Gasteiger partial charge is 0.395 e. The molecule has 130 valence electrons. The Morgan fingerprint density at radius 2 is 2.00 bits per heavy atom. The van der Waals surface area contributed by atoms with Crippen LogP contribution in [0.2, 0.25) is 0 Å². The van der Waals surface area contributed by atoms with Crippen molar-refractivity contribution in [3.8, 4) is 0 Å². The van der Waals surface area contributed by atoms with Gasteiger partial charge in [-0.05, 0) is 6.26 Å². The maximum absolute atomic E-state index is 12.1. The average Bonchev–Trinajstić information content (AvgIpc) is 3.06. The quantitative estimate of drug-likeness (QED) is 0.697. The summed E-state index contributed by atoms with van der Waals surface area (Å²) in [6, 6.07) is -0.134. The van der Waals surface area contributed by atoms with Gasteiger partial charge in [-0.2, -0.15) is 16.7 Å². The number of aliphatic hydroxyl groups is 1. The van der Waals surface area contributed by atoms with E-state index in [1.54, 1.807) is 11.8 Å². The molecule has 2 fully saturated rings. The molecule has 3 rings (SSSR count). The molecular formula is C13H22N4O4S2. The molecule has 0 radical (unpaired) electrons. The van der Waals surface area contributed by atoms with Crippen molar-refractivity contribution in [2.75, 3.05) is 44.0 Å². The SMILES string of the molecule is CSCc1noc(CN2CCN(CCO)[C@@H]3CS(=O)(=O)C[C@@H]32)n1. The van der Waals surface area contributed by atoms with Crippen molar-refractivity contribution >= 4 is 21.6 Å². The molecule has 2 atom stereocenters. The summed E-state index contributed by atoms with van der Waals surface area (Å²) in [5.74, 6) is 2.23. The first-order valence-corrected chi connectivity index (χ1v) is 10.8. The van der Waals surface area contributed by atoms with Crippen LogP contribution in [0.1, 0.15) is 11.7 Å². The Morgan fingerprint density at radius 1 is 1.30 bits per heavy atom. The van der Waals surface area contributed by atoms with Crippen LogP contribution in [0, 0.1) is 0 Å². The van der Waals surface area contributed by atoms with Gasteiger partial charge in [0.25, 0.3) is 0 Å². The highest BCUT2D eigenvalue weighted by Crippen LogP contribution is 2.27. The van der Waals surface area contributed by atoms with Crippen molar-refractivity contribution in [1.82, 2.24) is 19.9 Å². The molecule has 8 nitrogen and oxygen atoms in total. The van der Waals surface area contributed by atoms with Crippen LogP contribution in [0.3, 0.4) is 0 Å². The zero-order valence-corrected chi connectivity index (χ0v) is 14.7. The van der Waals surface area contributed by atoms with Crippen LogP contribution in [-0.2, 0) is 22.1 Å². The van der Waals surface area contributed by atoms with Crippen molar-refractivity contribution in [3.05, 3.63) is 11.7 Å². The lowest BCUT2D eigenvalue weighted by molar-refractivity contribution is 0.0254. The van der Waals surface area contributed by atoms with E-state index in [-0.39, 0.29) is 30.2 Å². The van der Waals surface area contributed by atoms with E-state index in [0.717, 1.165) is 13.1 Å². The van der Waals surface area contributed by atoms with Gasteiger partial charge in [-0.25, -0.2) is 8.42 Å². The predicted molar refractivity (Wildman–Crippen MR) is 86.8 cm³/mol. The summed E-state index contributed by atoms with van der Waals surface area (Å²) in [5, 5.41) is 13.1. The summed E-state index contributed by atoms with van der Waals surface area (Å²) in [6.45, 7) is 2.51. The van der Waals surface area contributed by atoms with Crippen LogP contribution in [0.5, 0.6) is 0 Å². The summed E-state index contributed by atoms with van der Waals surface area (Å²) >= 11 is 1.63. The highest BCUT2D eigenvalue weighted by atomic mass is 32.2. The summed E-state index contributed by atoms with van der Waals surface area (Å²) in [4.78, 5) is 8.56. The van der Waals surface area contributed by atoms with E-state index in [1.165, 1.54) is 0 Å². The maximum Gasteiger partial charge on any atom is 0.240 e. The van der Waals surface area contributed by atoms with E-state index in [1.807, 2.05) is 6.26 Å². The van der Waals surface area contributed by atoms with E-state index in [4.69, 9.17) is 4.52 Å². The fraction of sp³-hybridized carbons (Fsp3) is 0.846. The molecule has 0 unspecified atom stereocenters. The van der Waals surface area contributed by atoms with Crippen LogP contribution in [-0.4, -0.2) is 89.6 Å². The third kappa shape index (κ3) is 3.87. The lowest BCUT2D eigenvalue weighted by atomic mass is 10.0. The third-order valence-electron chi connectivity index (χ3n) is 4.42. The Balaban J connectivity index is 1.72.